The first-order valence-electron chi connectivity index (χ1n) is 34.7. The lowest BCUT2D eigenvalue weighted by atomic mass is 9.72. The summed E-state index contributed by atoms with van der Waals surface area (Å²) in [6.07, 6.45) is 50.8. The van der Waals surface area contributed by atoms with E-state index in [0.29, 0.717) is 96.6 Å². The van der Waals surface area contributed by atoms with Gasteiger partial charge in [-0.2, -0.15) is 0 Å². The van der Waals surface area contributed by atoms with Crippen molar-refractivity contribution in [1.82, 2.24) is 21.3 Å². The minimum atomic E-state index is -0.873. The van der Waals surface area contributed by atoms with Gasteiger partial charge in [-0.05, 0) is 215 Å². The third-order valence-corrected chi connectivity index (χ3v) is 17.9. The minimum absolute atomic E-state index is 0.0784. The number of rotatable bonds is 39. The molecule has 3 rings (SSSR count). The van der Waals surface area contributed by atoms with Crippen molar-refractivity contribution in [2.75, 3.05) is 46.1 Å². The van der Waals surface area contributed by atoms with Gasteiger partial charge in [0, 0.05) is 63.4 Å². The van der Waals surface area contributed by atoms with Gasteiger partial charge < -0.3 is 30.7 Å². The number of carbonyl (C=O) groups excluding carboxylic acids is 5. The van der Waals surface area contributed by atoms with Gasteiger partial charge in [0.05, 0.1) is 19.3 Å². The normalized spacial score (nSPS) is 18.8. The van der Waals surface area contributed by atoms with E-state index < -0.39 is 17.9 Å². The van der Waals surface area contributed by atoms with Crippen LogP contribution >= 0.6 is 0 Å². The molecule has 92 heavy (non-hydrogen) atoms. The first-order valence-corrected chi connectivity index (χ1v) is 34.7. The maximum absolute atomic E-state index is 14.5. The van der Waals surface area contributed by atoms with Gasteiger partial charge in [-0.25, -0.2) is 0 Å². The van der Waals surface area contributed by atoms with Gasteiger partial charge in [0.1, 0.15) is 0 Å². The molecule has 0 unspecified atom stereocenters. The number of carbonyl (C=O) groups is 5. The van der Waals surface area contributed by atoms with E-state index in [-0.39, 0.29) is 46.2 Å². The number of Topliss-reactive ketones (excluding diaryl/α,β-unsaturated/α-hetero) is 1. The van der Waals surface area contributed by atoms with Crippen molar-refractivity contribution in [3.63, 3.8) is 0 Å². The molecule has 0 bridgehead atoms. The van der Waals surface area contributed by atoms with Crippen molar-refractivity contribution in [1.29, 1.82) is 0 Å². The number of ketones is 1. The topological polar surface area (TPSA) is 152 Å². The van der Waals surface area contributed by atoms with Gasteiger partial charge in [0.2, 0.25) is 23.6 Å². The van der Waals surface area contributed by atoms with Crippen LogP contribution in [-0.4, -0.2) is 81.5 Å². The summed E-state index contributed by atoms with van der Waals surface area (Å²) in [6, 6.07) is -0.873. The maximum Gasteiger partial charge on any atom is 0.244 e. The SMILES string of the molecule is CCCOCCOCCCNC(=O)[C@@H](CCCCNC(=O)/C=C(C)/C=C/C=C(C)/C=C/C1=C(C)CCCC1(C)C)CC(=O)[C@@H](CCCCNC(=O)/C=C(C)/C=C/C=C(C)/C=C/C1=C(C)CCCC1(C)C)NC(=O)/C=C(C)/C=C/C=C(C)/C=C/C1=C(C)CCCC1(C)C. The second-order valence-corrected chi connectivity index (χ2v) is 28.1. The van der Waals surface area contributed by atoms with Crippen LogP contribution in [-0.2, 0) is 33.4 Å². The summed E-state index contributed by atoms with van der Waals surface area (Å²) in [6.45, 7) is 37.8. The largest absolute Gasteiger partial charge is 0.379 e. The Kier molecular flexibility index (Phi) is 37.1. The number of unbranched alkanes of at least 4 members (excludes halogenated alkanes) is 2. The van der Waals surface area contributed by atoms with Gasteiger partial charge in [-0.1, -0.05) is 179 Å². The number of nitrogens with one attached hydrogen (secondary N) is 4. The van der Waals surface area contributed by atoms with Crippen LogP contribution < -0.4 is 21.3 Å². The lowest BCUT2D eigenvalue weighted by Crippen LogP contribution is -2.42. The van der Waals surface area contributed by atoms with Gasteiger partial charge in [0.15, 0.2) is 5.78 Å². The molecule has 0 fully saturated rings. The number of amides is 4. The molecule has 0 saturated heterocycles. The highest BCUT2D eigenvalue weighted by Gasteiger charge is 2.30. The first-order chi connectivity index (χ1) is 43.6. The Morgan fingerprint density at radius 2 is 0.837 bits per heavy atom. The fraction of sp³-hybridized carbons (Fsp3) is 0.568. The van der Waals surface area contributed by atoms with Crippen molar-refractivity contribution in [3.8, 4) is 0 Å². The third kappa shape index (κ3) is 32.4. The summed E-state index contributed by atoms with van der Waals surface area (Å²) in [5, 5.41) is 12.0. The van der Waals surface area contributed by atoms with E-state index in [4.69, 9.17) is 9.47 Å². The molecule has 0 aromatic carbocycles. The summed E-state index contributed by atoms with van der Waals surface area (Å²) in [7, 11) is 0. The average molecular weight is 1260 g/mol. The molecule has 11 nitrogen and oxygen atoms in total. The maximum atomic E-state index is 14.5. The summed E-state index contributed by atoms with van der Waals surface area (Å²) < 4.78 is 11.2. The molecule has 2 atom stereocenters. The van der Waals surface area contributed by atoms with Crippen molar-refractivity contribution in [2.45, 2.75) is 232 Å². The van der Waals surface area contributed by atoms with Crippen LogP contribution in [0.4, 0.5) is 0 Å². The van der Waals surface area contributed by atoms with Crippen molar-refractivity contribution < 1.29 is 33.4 Å². The molecule has 3 aliphatic carbocycles. The molecule has 4 amide bonds. The third-order valence-electron chi connectivity index (χ3n) is 17.9. The van der Waals surface area contributed by atoms with Crippen LogP contribution in [0.1, 0.15) is 226 Å². The lowest BCUT2D eigenvalue weighted by molar-refractivity contribution is -0.131. The summed E-state index contributed by atoms with van der Waals surface area (Å²) in [5.41, 5.74) is 14.8. The highest BCUT2D eigenvalue weighted by molar-refractivity contribution is 5.96. The Hall–Kier alpha value is -6.43. The fourth-order valence-corrected chi connectivity index (χ4v) is 12.4. The fourth-order valence-electron chi connectivity index (χ4n) is 12.4. The molecule has 508 valence electrons. The molecular formula is C81H122N4O7. The minimum Gasteiger partial charge on any atom is -0.379 e. The predicted molar refractivity (Wildman–Crippen MR) is 387 cm³/mol. The standard InChI is InChI=1S/C81H122N4O7/c1-17-52-91-54-55-92-53-28-51-84-78(90)69(38-18-20-49-82-75(87)56-63(5)32-22-29-60(2)40-43-70-66(8)35-25-46-79(70,11)12)59-74(86)73(85-77(89)58-65(7)34-24-31-62(4)42-45-72-68(10)37-27-48-81(72,15)16)39-19-21-50-83-76(88)57-64(6)33-23-30-61(3)41-44-71-67(9)36-26-47-80(71,13)14/h22-24,29-34,40-45,56-58,69,73H,17-21,25-28,35-39,46-55,59H2,1-16H3,(H,82,87)(H,83,88)(H,84,90)(H,85,89)/b32-22+,33-23+,34-24+,43-40+,44-41+,45-42+,60-29+,61-30+,62-31+,63-56+,64-57+,65-58+/t69-,73+/m0/s1. The van der Waals surface area contributed by atoms with Crippen molar-refractivity contribution in [3.05, 3.63) is 176 Å². The quantitative estimate of drug-likeness (QED) is 0.0272. The predicted octanol–water partition coefficient (Wildman–Crippen LogP) is 18.2. The highest BCUT2D eigenvalue weighted by atomic mass is 16.5. The second kappa shape index (κ2) is 42.7. The summed E-state index contributed by atoms with van der Waals surface area (Å²) in [5.74, 6) is -1.96. The average Bonchev–Trinajstić information content (AvgIpc) is 0.909. The number of hydrogen-bond acceptors (Lipinski definition) is 7. The molecule has 3 aliphatic rings. The second-order valence-electron chi connectivity index (χ2n) is 28.1. The number of allylic oxidation sites excluding steroid dienone is 27. The molecule has 0 aromatic rings. The Balaban J connectivity index is 1.74. The van der Waals surface area contributed by atoms with E-state index in [0.717, 1.165) is 53.5 Å². The first kappa shape index (κ1) is 79.8. The molecule has 0 radical (unpaired) electrons. The molecular weight excluding hydrogens is 1140 g/mol. The van der Waals surface area contributed by atoms with Gasteiger partial charge in [-0.3, -0.25) is 24.0 Å². The monoisotopic (exact) mass is 1260 g/mol. The van der Waals surface area contributed by atoms with Crippen LogP contribution in [0.15, 0.2) is 176 Å². The summed E-state index contributed by atoms with van der Waals surface area (Å²) >= 11 is 0. The van der Waals surface area contributed by atoms with E-state index in [1.807, 2.05) is 69.4 Å². The summed E-state index contributed by atoms with van der Waals surface area (Å²) in [4.78, 5) is 68.4. The smallest absolute Gasteiger partial charge is 0.244 e. The number of ether oxygens (including phenoxy) is 2. The van der Waals surface area contributed by atoms with Crippen LogP contribution in [0.25, 0.3) is 0 Å². The molecule has 0 aliphatic heterocycles. The van der Waals surface area contributed by atoms with E-state index in [9.17, 15) is 24.0 Å². The van der Waals surface area contributed by atoms with E-state index in [2.05, 4.69) is 154 Å². The highest BCUT2D eigenvalue weighted by Crippen LogP contribution is 2.43. The van der Waals surface area contributed by atoms with Gasteiger partial charge in [-0.15, -0.1) is 0 Å². The van der Waals surface area contributed by atoms with Gasteiger partial charge >= 0.3 is 0 Å². The molecule has 0 saturated carbocycles. The van der Waals surface area contributed by atoms with Crippen LogP contribution in [0.3, 0.4) is 0 Å². The zero-order valence-corrected chi connectivity index (χ0v) is 60.1. The van der Waals surface area contributed by atoms with Gasteiger partial charge in [0.25, 0.3) is 0 Å². The number of hydrogen-bond donors (Lipinski definition) is 4. The van der Waals surface area contributed by atoms with Crippen LogP contribution in [0.2, 0.25) is 0 Å². The lowest BCUT2D eigenvalue weighted by Gasteiger charge is -2.33. The Labute approximate surface area is 558 Å². The van der Waals surface area contributed by atoms with Crippen LogP contribution in [0, 0.1) is 22.2 Å². The zero-order chi connectivity index (χ0) is 68.1. The van der Waals surface area contributed by atoms with Crippen molar-refractivity contribution >= 4 is 29.4 Å². The van der Waals surface area contributed by atoms with E-state index in [1.165, 1.54) is 78.0 Å². The zero-order valence-electron chi connectivity index (χ0n) is 60.1. The molecule has 0 heterocycles. The molecule has 4 N–H and O–H groups in total. The molecule has 0 spiro atoms. The Bertz CT molecular complexity index is 2930. The molecule has 0 aromatic heterocycles. The van der Waals surface area contributed by atoms with E-state index in [1.54, 1.807) is 12.2 Å². The Morgan fingerprint density at radius 1 is 0.457 bits per heavy atom. The van der Waals surface area contributed by atoms with Crippen molar-refractivity contribution in [2.24, 2.45) is 22.2 Å². The van der Waals surface area contributed by atoms with E-state index >= 15 is 0 Å². The Morgan fingerprint density at radius 3 is 1.24 bits per heavy atom. The molecule has 11 heteroatoms. The van der Waals surface area contributed by atoms with Crippen LogP contribution in [0.5, 0.6) is 0 Å².